The number of esters is 1. The zero-order chi connectivity index (χ0) is 20.8. The van der Waals surface area contributed by atoms with E-state index < -0.39 is 0 Å². The summed E-state index contributed by atoms with van der Waals surface area (Å²) in [6.07, 6.45) is 5.86. The molecule has 3 rings (SSSR count). The summed E-state index contributed by atoms with van der Waals surface area (Å²) in [7, 11) is 1.75. The second kappa shape index (κ2) is 10.7. The molecule has 0 aromatic carbocycles. The lowest BCUT2D eigenvalue weighted by Crippen LogP contribution is -2.72. The molecule has 1 amide bonds. The third kappa shape index (κ3) is 5.67. The van der Waals surface area contributed by atoms with Gasteiger partial charge in [0.05, 0.1) is 30.7 Å². The molecule has 2 saturated heterocycles. The number of amides is 1. The van der Waals surface area contributed by atoms with Crippen molar-refractivity contribution in [1.29, 1.82) is 0 Å². The average Bonchev–Trinajstić information content (AvgIpc) is 2.74. The van der Waals surface area contributed by atoms with Gasteiger partial charge in [-0.15, -0.1) is 0 Å². The quantitative estimate of drug-likeness (QED) is 0.422. The second-order valence-electron chi connectivity index (χ2n) is 8.36. The summed E-state index contributed by atoms with van der Waals surface area (Å²) in [5, 5.41) is 10.6. The van der Waals surface area contributed by atoms with Gasteiger partial charge < -0.3 is 15.2 Å². The number of likely N-dealkylation sites (tertiary alicyclic amines) is 1. The van der Waals surface area contributed by atoms with Crippen LogP contribution in [-0.2, 0) is 19.1 Å². The number of methoxy groups -OCH3 is 1. The van der Waals surface area contributed by atoms with Crippen LogP contribution < -0.4 is 21.7 Å². The van der Waals surface area contributed by atoms with Crippen molar-refractivity contribution in [2.24, 2.45) is 17.6 Å². The fourth-order valence-electron chi connectivity index (χ4n) is 4.82. The highest BCUT2D eigenvalue weighted by molar-refractivity contribution is 5.77. The highest BCUT2D eigenvalue weighted by atomic mass is 16.5. The van der Waals surface area contributed by atoms with E-state index in [1.54, 1.807) is 7.11 Å². The summed E-state index contributed by atoms with van der Waals surface area (Å²) in [6, 6.07) is 0.210. The van der Waals surface area contributed by atoms with Crippen LogP contribution in [0.3, 0.4) is 0 Å². The van der Waals surface area contributed by atoms with E-state index in [2.05, 4.69) is 20.9 Å². The summed E-state index contributed by atoms with van der Waals surface area (Å²) < 4.78 is 10.8. The van der Waals surface area contributed by atoms with Crippen LogP contribution in [0.5, 0.6) is 0 Å². The number of hydrogen-bond donors (Lipinski definition) is 4. The SMILES string of the molecule is CCOC(=O)C1CCN(C2NCC(C(N)=O)C(NC3CCCCC3OC)N2)CC1. The number of hydrogen-bond acceptors (Lipinski definition) is 8. The van der Waals surface area contributed by atoms with Gasteiger partial charge in [0.15, 0.2) is 0 Å². The molecule has 3 fully saturated rings. The van der Waals surface area contributed by atoms with Gasteiger partial charge in [0.2, 0.25) is 5.91 Å². The Morgan fingerprint density at radius 2 is 1.90 bits per heavy atom. The van der Waals surface area contributed by atoms with Crippen LogP contribution in [-0.4, -0.2) is 74.7 Å². The number of carbonyl (C=O) groups is 2. The lowest BCUT2D eigenvalue weighted by atomic mass is 9.91. The van der Waals surface area contributed by atoms with Gasteiger partial charge in [-0.2, -0.15) is 0 Å². The van der Waals surface area contributed by atoms with Crippen LogP contribution >= 0.6 is 0 Å². The largest absolute Gasteiger partial charge is 0.466 e. The lowest BCUT2D eigenvalue weighted by molar-refractivity contribution is -0.150. The summed E-state index contributed by atoms with van der Waals surface area (Å²) in [6.45, 7) is 4.38. The van der Waals surface area contributed by atoms with Crippen LogP contribution in [0.25, 0.3) is 0 Å². The van der Waals surface area contributed by atoms with E-state index in [-0.39, 0.29) is 48.3 Å². The fourth-order valence-corrected chi connectivity index (χ4v) is 4.82. The van der Waals surface area contributed by atoms with E-state index in [1.165, 1.54) is 6.42 Å². The molecule has 9 nitrogen and oxygen atoms in total. The molecule has 29 heavy (non-hydrogen) atoms. The van der Waals surface area contributed by atoms with Crippen LogP contribution in [0, 0.1) is 11.8 Å². The number of nitrogens with zero attached hydrogens (tertiary/aromatic N) is 1. The van der Waals surface area contributed by atoms with Crippen LogP contribution in [0.1, 0.15) is 45.4 Å². The molecule has 9 heteroatoms. The summed E-state index contributed by atoms with van der Waals surface area (Å²) in [5.74, 6) is -0.755. The topological polar surface area (TPSA) is 118 Å². The van der Waals surface area contributed by atoms with Crippen molar-refractivity contribution in [3.8, 4) is 0 Å². The van der Waals surface area contributed by atoms with Gasteiger partial charge in [-0.3, -0.25) is 30.4 Å². The Hall–Kier alpha value is -1.26. The maximum atomic E-state index is 12.0. The third-order valence-corrected chi connectivity index (χ3v) is 6.55. The van der Waals surface area contributed by atoms with Gasteiger partial charge in [0.25, 0.3) is 0 Å². The predicted octanol–water partition coefficient (Wildman–Crippen LogP) is -0.287. The first-order valence-corrected chi connectivity index (χ1v) is 11.0. The Kier molecular flexibility index (Phi) is 8.25. The van der Waals surface area contributed by atoms with Crippen molar-refractivity contribution >= 4 is 11.9 Å². The molecule has 0 bridgehead atoms. The average molecular weight is 412 g/mol. The van der Waals surface area contributed by atoms with Crippen molar-refractivity contribution in [3.63, 3.8) is 0 Å². The number of carbonyl (C=O) groups excluding carboxylic acids is 2. The highest BCUT2D eigenvalue weighted by Gasteiger charge is 2.39. The second-order valence-corrected chi connectivity index (χ2v) is 8.36. The molecule has 1 aliphatic carbocycles. The molecular weight excluding hydrogens is 374 g/mol. The minimum atomic E-state index is -0.331. The van der Waals surface area contributed by atoms with E-state index in [0.29, 0.717) is 13.2 Å². The van der Waals surface area contributed by atoms with Crippen LogP contribution in [0.2, 0.25) is 0 Å². The maximum Gasteiger partial charge on any atom is 0.309 e. The Balaban J connectivity index is 1.58. The van der Waals surface area contributed by atoms with Crippen LogP contribution in [0.15, 0.2) is 0 Å². The van der Waals surface area contributed by atoms with Crippen molar-refractivity contribution in [1.82, 2.24) is 20.9 Å². The number of nitrogens with one attached hydrogen (secondary N) is 3. The Labute approximate surface area is 173 Å². The summed E-state index contributed by atoms with van der Waals surface area (Å²) in [4.78, 5) is 26.3. The van der Waals surface area contributed by atoms with Crippen LogP contribution in [0.4, 0.5) is 0 Å². The molecule has 3 aliphatic rings. The number of ether oxygens (including phenoxy) is 2. The van der Waals surface area contributed by atoms with Crippen molar-refractivity contribution in [2.45, 2.75) is 70.0 Å². The molecule has 5 unspecified atom stereocenters. The van der Waals surface area contributed by atoms with Gasteiger partial charge in [0.1, 0.15) is 6.29 Å². The smallest absolute Gasteiger partial charge is 0.309 e. The zero-order valence-electron chi connectivity index (χ0n) is 17.7. The molecule has 1 saturated carbocycles. The Morgan fingerprint density at radius 3 is 2.55 bits per heavy atom. The molecule has 0 radical (unpaired) electrons. The van der Waals surface area contributed by atoms with Gasteiger partial charge in [-0.1, -0.05) is 12.8 Å². The lowest BCUT2D eigenvalue weighted by Gasteiger charge is -2.46. The number of rotatable bonds is 7. The molecule has 5 N–H and O–H groups in total. The Morgan fingerprint density at radius 1 is 1.17 bits per heavy atom. The van der Waals surface area contributed by atoms with Crippen molar-refractivity contribution in [3.05, 3.63) is 0 Å². The minimum absolute atomic E-state index is 0.0215. The molecular formula is C20H37N5O4. The number of primary amides is 1. The van der Waals surface area contributed by atoms with E-state index in [1.807, 2.05) is 6.92 Å². The molecule has 2 heterocycles. The normalized spacial score (nSPS) is 34.6. The maximum absolute atomic E-state index is 12.0. The van der Waals surface area contributed by atoms with E-state index >= 15 is 0 Å². The van der Waals surface area contributed by atoms with Crippen molar-refractivity contribution < 1.29 is 19.1 Å². The first kappa shape index (κ1) is 22.4. The van der Waals surface area contributed by atoms with Crippen molar-refractivity contribution in [2.75, 3.05) is 33.4 Å². The zero-order valence-corrected chi connectivity index (χ0v) is 17.7. The van der Waals surface area contributed by atoms with E-state index in [4.69, 9.17) is 15.2 Å². The summed E-state index contributed by atoms with van der Waals surface area (Å²) >= 11 is 0. The third-order valence-electron chi connectivity index (χ3n) is 6.55. The van der Waals surface area contributed by atoms with E-state index in [9.17, 15) is 9.59 Å². The molecule has 2 aliphatic heterocycles. The molecule has 0 aromatic rings. The molecule has 0 aromatic heterocycles. The number of piperidine rings is 1. The minimum Gasteiger partial charge on any atom is -0.466 e. The van der Waals surface area contributed by atoms with Gasteiger partial charge in [-0.05, 0) is 32.6 Å². The first-order valence-electron chi connectivity index (χ1n) is 11.0. The standard InChI is InChI=1S/C20H37N5O4/c1-3-29-19(27)13-8-10-25(11-9-13)20-22-12-14(17(21)26)18(24-20)23-15-6-4-5-7-16(15)28-2/h13-16,18,20,22-24H,3-12H2,1-2H3,(H2,21,26). The van der Waals surface area contributed by atoms with Gasteiger partial charge in [-0.25, -0.2) is 0 Å². The molecule has 166 valence electrons. The van der Waals surface area contributed by atoms with Gasteiger partial charge >= 0.3 is 5.97 Å². The summed E-state index contributed by atoms with van der Waals surface area (Å²) in [5.41, 5.74) is 5.68. The van der Waals surface area contributed by atoms with E-state index in [0.717, 1.165) is 45.2 Å². The predicted molar refractivity (Wildman–Crippen MR) is 109 cm³/mol. The van der Waals surface area contributed by atoms with Gasteiger partial charge in [0, 0.05) is 32.8 Å². The molecule has 5 atom stereocenters. The fraction of sp³-hybridized carbons (Fsp3) is 0.900. The molecule has 0 spiro atoms. The Bertz CT molecular complexity index is 555. The highest BCUT2D eigenvalue weighted by Crippen LogP contribution is 2.24. The monoisotopic (exact) mass is 411 g/mol. The first-order chi connectivity index (χ1) is 14.0. The number of nitrogens with two attached hydrogens (primary N) is 1.